The third-order valence-corrected chi connectivity index (χ3v) is 3.38. The molecule has 0 spiro atoms. The van der Waals surface area contributed by atoms with Crippen molar-refractivity contribution in [1.82, 2.24) is 5.32 Å². The molecule has 0 aliphatic heterocycles. The minimum Gasteiger partial charge on any atom is -0.317 e. The number of rotatable bonds is 2. The largest absolute Gasteiger partial charge is 0.317 e. The Hall–Kier alpha value is -0.820. The van der Waals surface area contributed by atoms with E-state index in [-0.39, 0.29) is 0 Å². The first-order chi connectivity index (χ1) is 6.33. The van der Waals surface area contributed by atoms with Gasteiger partial charge in [-0.05, 0) is 30.9 Å². The summed E-state index contributed by atoms with van der Waals surface area (Å²) in [6.45, 7) is 2.34. The molecule has 1 aliphatic carbocycles. The summed E-state index contributed by atoms with van der Waals surface area (Å²) in [6.07, 6.45) is 1.29. The van der Waals surface area contributed by atoms with E-state index in [2.05, 4.69) is 49.6 Å². The van der Waals surface area contributed by atoms with Gasteiger partial charge in [-0.15, -0.1) is 0 Å². The Kier molecular flexibility index (Phi) is 2.36. The van der Waals surface area contributed by atoms with Crippen LogP contribution in [-0.4, -0.2) is 13.1 Å². The van der Waals surface area contributed by atoms with Gasteiger partial charge < -0.3 is 5.32 Å². The van der Waals surface area contributed by atoms with Crippen LogP contribution in [0.15, 0.2) is 30.3 Å². The van der Waals surface area contributed by atoms with Crippen molar-refractivity contribution in [1.29, 1.82) is 0 Å². The van der Waals surface area contributed by atoms with Crippen LogP contribution in [0.5, 0.6) is 0 Å². The van der Waals surface area contributed by atoms with Crippen molar-refractivity contribution >= 4 is 0 Å². The van der Waals surface area contributed by atoms with Crippen molar-refractivity contribution in [2.45, 2.75) is 25.3 Å². The van der Waals surface area contributed by atoms with Gasteiger partial charge in [0.25, 0.3) is 0 Å². The molecule has 1 nitrogen and oxygen atoms in total. The lowest BCUT2D eigenvalue weighted by Gasteiger charge is -2.43. The molecule has 3 unspecified atom stereocenters. The smallest absolute Gasteiger partial charge is 0.0101 e. The van der Waals surface area contributed by atoms with Crippen LogP contribution >= 0.6 is 0 Å². The summed E-state index contributed by atoms with van der Waals surface area (Å²) >= 11 is 0. The first-order valence-corrected chi connectivity index (χ1v) is 5.05. The second-order valence-corrected chi connectivity index (χ2v) is 4.01. The zero-order valence-corrected chi connectivity index (χ0v) is 8.33. The molecule has 1 aromatic rings. The second kappa shape index (κ2) is 3.51. The van der Waals surface area contributed by atoms with E-state index in [1.54, 1.807) is 0 Å². The summed E-state index contributed by atoms with van der Waals surface area (Å²) in [5.74, 6) is 1.56. The molecular weight excluding hydrogens is 158 g/mol. The highest BCUT2D eigenvalue weighted by atomic mass is 14.9. The Morgan fingerprint density at radius 1 is 1.23 bits per heavy atom. The lowest BCUT2D eigenvalue weighted by atomic mass is 9.67. The highest BCUT2D eigenvalue weighted by molar-refractivity contribution is 5.24. The van der Waals surface area contributed by atoms with Crippen LogP contribution in [0.2, 0.25) is 0 Å². The summed E-state index contributed by atoms with van der Waals surface area (Å²) in [6, 6.07) is 11.6. The van der Waals surface area contributed by atoms with Crippen LogP contribution < -0.4 is 5.32 Å². The molecule has 3 atom stereocenters. The maximum absolute atomic E-state index is 3.35. The molecule has 0 radical (unpaired) electrons. The SMILES string of the molecule is CNC1CC(c2ccccc2)C1C. The third-order valence-electron chi connectivity index (χ3n) is 3.38. The molecule has 1 aromatic carbocycles. The van der Waals surface area contributed by atoms with E-state index in [0.29, 0.717) is 0 Å². The molecular formula is C12H17N. The molecule has 0 amide bonds. The molecule has 13 heavy (non-hydrogen) atoms. The van der Waals surface area contributed by atoms with Gasteiger partial charge in [0.2, 0.25) is 0 Å². The van der Waals surface area contributed by atoms with E-state index >= 15 is 0 Å². The zero-order chi connectivity index (χ0) is 9.26. The second-order valence-electron chi connectivity index (χ2n) is 4.01. The van der Waals surface area contributed by atoms with Gasteiger partial charge in [-0.2, -0.15) is 0 Å². The number of benzene rings is 1. The topological polar surface area (TPSA) is 12.0 Å². The van der Waals surface area contributed by atoms with Crippen LogP contribution in [0.1, 0.15) is 24.8 Å². The van der Waals surface area contributed by atoms with Gasteiger partial charge in [0.15, 0.2) is 0 Å². The van der Waals surface area contributed by atoms with Crippen LogP contribution in [-0.2, 0) is 0 Å². The van der Waals surface area contributed by atoms with Gasteiger partial charge in [0.1, 0.15) is 0 Å². The number of hydrogen-bond acceptors (Lipinski definition) is 1. The maximum atomic E-state index is 3.35. The van der Waals surface area contributed by atoms with Crippen LogP contribution in [0.25, 0.3) is 0 Å². The van der Waals surface area contributed by atoms with Crippen molar-refractivity contribution in [3.8, 4) is 0 Å². The highest BCUT2D eigenvalue weighted by Gasteiger charge is 2.36. The molecule has 0 heterocycles. The zero-order valence-electron chi connectivity index (χ0n) is 8.33. The normalized spacial score (nSPS) is 32.6. The van der Waals surface area contributed by atoms with E-state index in [0.717, 1.165) is 17.9 Å². The first kappa shape index (κ1) is 8.76. The van der Waals surface area contributed by atoms with Crippen molar-refractivity contribution in [3.63, 3.8) is 0 Å². The van der Waals surface area contributed by atoms with E-state index in [9.17, 15) is 0 Å². The fraction of sp³-hybridized carbons (Fsp3) is 0.500. The quantitative estimate of drug-likeness (QED) is 0.727. The Balaban J connectivity index is 2.06. The molecule has 0 bridgehead atoms. The van der Waals surface area contributed by atoms with E-state index < -0.39 is 0 Å². The molecule has 70 valence electrons. The van der Waals surface area contributed by atoms with Gasteiger partial charge >= 0.3 is 0 Å². The Morgan fingerprint density at radius 3 is 2.46 bits per heavy atom. The van der Waals surface area contributed by atoms with E-state index in [1.165, 1.54) is 12.0 Å². The lowest BCUT2D eigenvalue weighted by molar-refractivity contribution is 0.194. The molecule has 1 aliphatic rings. The van der Waals surface area contributed by atoms with Gasteiger partial charge in [0.05, 0.1) is 0 Å². The summed E-state index contributed by atoms with van der Waals surface area (Å²) in [7, 11) is 2.06. The van der Waals surface area contributed by atoms with Crippen molar-refractivity contribution in [2.75, 3.05) is 7.05 Å². The summed E-state index contributed by atoms with van der Waals surface area (Å²) < 4.78 is 0. The van der Waals surface area contributed by atoms with Gasteiger partial charge in [-0.25, -0.2) is 0 Å². The Bertz CT molecular complexity index is 268. The van der Waals surface area contributed by atoms with Gasteiger partial charge in [0, 0.05) is 6.04 Å². The molecule has 1 fully saturated rings. The lowest BCUT2D eigenvalue weighted by Crippen LogP contribution is -2.46. The number of nitrogens with one attached hydrogen (secondary N) is 1. The predicted molar refractivity (Wildman–Crippen MR) is 55.8 cm³/mol. The van der Waals surface area contributed by atoms with Gasteiger partial charge in [-0.3, -0.25) is 0 Å². The number of hydrogen-bond donors (Lipinski definition) is 1. The van der Waals surface area contributed by atoms with Crippen molar-refractivity contribution < 1.29 is 0 Å². The van der Waals surface area contributed by atoms with Gasteiger partial charge in [-0.1, -0.05) is 37.3 Å². The Labute approximate surface area is 80.2 Å². The minimum absolute atomic E-state index is 0.727. The predicted octanol–water partition coefficient (Wildman–Crippen LogP) is 2.40. The van der Waals surface area contributed by atoms with Crippen LogP contribution in [0, 0.1) is 5.92 Å². The maximum Gasteiger partial charge on any atom is 0.0101 e. The standard InChI is InChI=1S/C12H17N/c1-9-11(8-12(9)13-2)10-6-4-3-5-7-10/h3-7,9,11-13H,8H2,1-2H3. The minimum atomic E-state index is 0.727. The molecule has 1 saturated carbocycles. The third kappa shape index (κ3) is 1.49. The average Bonchev–Trinajstić information content (AvgIpc) is 2.18. The van der Waals surface area contributed by atoms with Crippen LogP contribution in [0.4, 0.5) is 0 Å². The van der Waals surface area contributed by atoms with Crippen molar-refractivity contribution in [3.05, 3.63) is 35.9 Å². The van der Waals surface area contributed by atoms with Crippen molar-refractivity contribution in [2.24, 2.45) is 5.92 Å². The monoisotopic (exact) mass is 175 g/mol. The van der Waals surface area contributed by atoms with Crippen LogP contribution in [0.3, 0.4) is 0 Å². The summed E-state index contributed by atoms with van der Waals surface area (Å²) in [5.41, 5.74) is 1.50. The van der Waals surface area contributed by atoms with E-state index in [1.807, 2.05) is 0 Å². The molecule has 1 N–H and O–H groups in total. The molecule has 0 aromatic heterocycles. The molecule has 1 heteroatoms. The summed E-state index contributed by atoms with van der Waals surface area (Å²) in [5, 5.41) is 3.35. The molecule has 0 saturated heterocycles. The fourth-order valence-corrected chi connectivity index (χ4v) is 2.31. The fourth-order valence-electron chi connectivity index (χ4n) is 2.31. The highest BCUT2D eigenvalue weighted by Crippen LogP contribution is 2.41. The Morgan fingerprint density at radius 2 is 1.92 bits per heavy atom. The molecule has 2 rings (SSSR count). The first-order valence-electron chi connectivity index (χ1n) is 5.05. The average molecular weight is 175 g/mol. The van der Waals surface area contributed by atoms with E-state index in [4.69, 9.17) is 0 Å². The summed E-state index contributed by atoms with van der Waals surface area (Å²) in [4.78, 5) is 0.